The zero-order chi connectivity index (χ0) is 75.1. The fourth-order valence-corrected chi connectivity index (χ4v) is 12.4. The molecule has 2 aromatic heterocycles. The number of ether oxygens (including phenoxy) is 3. The van der Waals surface area contributed by atoms with Crippen LogP contribution in [0.25, 0.3) is 22.6 Å². The second-order valence-corrected chi connectivity index (χ2v) is 31.3. The summed E-state index contributed by atoms with van der Waals surface area (Å²) >= 11 is 7.65. The number of phenolic OH excluding ortho intramolecular Hbond substituents is 1. The predicted octanol–water partition coefficient (Wildman–Crippen LogP) is 18.8. The number of hydrogen-bond acceptors (Lipinski definition) is 16. The van der Waals surface area contributed by atoms with Crippen molar-refractivity contribution in [3.63, 3.8) is 0 Å². The third kappa shape index (κ3) is 31.7. The number of carbonyl (C=O) groups excluding carboxylic acids is 2. The first-order chi connectivity index (χ1) is 46.9. The molecule has 2 heterocycles. The zero-order valence-corrected chi connectivity index (χ0v) is 69.2. The van der Waals surface area contributed by atoms with Gasteiger partial charge in [0, 0.05) is 75.5 Å². The van der Waals surface area contributed by atoms with Crippen LogP contribution in [0.5, 0.6) is 34.5 Å². The molecule has 0 aliphatic carbocycles. The van der Waals surface area contributed by atoms with E-state index >= 15 is 0 Å². The number of aromatic hydroxyl groups is 3. The Morgan fingerprint density at radius 1 is 0.485 bits per heavy atom. The van der Waals surface area contributed by atoms with Gasteiger partial charge < -0.3 is 49.6 Å². The number of carbonyl (C=O) groups is 2. The summed E-state index contributed by atoms with van der Waals surface area (Å²) < 4.78 is 28.2. The van der Waals surface area contributed by atoms with Gasteiger partial charge in [-0.2, -0.15) is 0 Å². The molecule has 0 atom stereocenters. The number of benzene rings is 6. The summed E-state index contributed by atoms with van der Waals surface area (Å²) in [6.07, 6.45) is 9.14. The number of hydrogen-bond donors (Lipinski definition) is 3. The Morgan fingerprint density at radius 2 is 0.842 bits per heavy atom. The predicted molar refractivity (Wildman–Crippen MR) is 429 cm³/mol. The van der Waals surface area contributed by atoms with Crippen LogP contribution in [-0.4, -0.2) is 94.3 Å². The van der Waals surface area contributed by atoms with Crippen molar-refractivity contribution in [1.82, 2.24) is 9.80 Å². The minimum absolute atomic E-state index is 0. The summed E-state index contributed by atoms with van der Waals surface area (Å²) in [5, 5.41) is 29.3. The number of allylic oxidation sites excluding steroid dienone is 1. The molecule has 0 fully saturated rings. The Hall–Kier alpha value is -6.95. The summed E-state index contributed by atoms with van der Waals surface area (Å²) in [4.78, 5) is 54.5. The van der Waals surface area contributed by atoms with Crippen molar-refractivity contribution in [2.45, 2.75) is 129 Å². The van der Waals surface area contributed by atoms with Gasteiger partial charge in [-0.25, -0.2) is 9.59 Å². The first-order valence-corrected chi connectivity index (χ1v) is 37.1. The van der Waals surface area contributed by atoms with Crippen molar-refractivity contribution in [2.75, 3.05) is 58.7 Å². The van der Waals surface area contributed by atoms with Gasteiger partial charge in [-0.3, -0.25) is 9.59 Å². The number of rotatable bonds is 17. The van der Waals surface area contributed by atoms with Gasteiger partial charge in [0.25, 0.3) is 10.5 Å². The maximum Gasteiger partial charge on any atom is 1.00 e. The van der Waals surface area contributed by atoms with Crippen LogP contribution in [0.1, 0.15) is 107 Å². The van der Waals surface area contributed by atoms with E-state index in [2.05, 4.69) is 150 Å². The molecule has 101 heavy (non-hydrogen) atoms. The Kier molecular flexibility index (Phi) is 39.2. The van der Waals surface area contributed by atoms with Crippen LogP contribution in [0.2, 0.25) is 0 Å². The Balaban J connectivity index is 0.000000640. The van der Waals surface area contributed by atoms with Gasteiger partial charge in [-0.15, -0.1) is 18.3 Å². The van der Waals surface area contributed by atoms with Crippen molar-refractivity contribution >= 4 is 80.1 Å². The zero-order valence-electron chi connectivity index (χ0n) is 62.8. The molecule has 14 nitrogen and oxygen atoms in total. The van der Waals surface area contributed by atoms with E-state index in [4.69, 9.17) is 23.0 Å². The quantitative estimate of drug-likeness (QED) is 0.0256. The van der Waals surface area contributed by atoms with Crippen LogP contribution in [0, 0.1) is 0 Å². The fraction of sp³-hybridized carbons (Fsp3) is 0.309. The standard InChI is InChI=1S/C24H24O4S.C16H23NO2S.C14H20OS.C13H19NO2S.C11H8O3.C3H5I.Na.H/c1-5-13-27-17-11-12-21(18(14-17)24(2,3)4)29-22-19(25)15-20(28-23(22)26)16-9-7-6-8-10-16;1-7-10-19-12-8-9-14(20-15(18)17(5)6)13(11-12)16(2,3)4;1-6-9-15-11-7-8-13(16-5)12(10-11)14(2,3)4;1-13(2,3)10-8-9(15)6-7-11(10)17-12(16)14(4)5;12-9-6-10(14-11(13)7-9)8-4-2-1-3-5-8;1-2-3-4;;/h5-12,14-15,25H,1,13H2,2-4H3;7-9,11H,1,10H2,2-6H3;6-8,10H,1,9H2,2-5H3;6-8,15H,1-5H3;1-7,12H;2H,1,3H2;;/q;;;;;;+1;-1. The van der Waals surface area contributed by atoms with Crippen molar-refractivity contribution in [3.05, 3.63) is 245 Å². The second-order valence-electron chi connectivity index (χ2n) is 26.6. The monoisotopic (exact) mass is 1570 g/mol. The van der Waals surface area contributed by atoms with E-state index in [1.807, 2.05) is 97.1 Å². The topological polar surface area (TPSA) is 189 Å². The van der Waals surface area contributed by atoms with E-state index in [0.717, 1.165) is 70.2 Å². The Labute approximate surface area is 653 Å². The number of thioether (sulfide) groups is 3. The number of nitrogens with zero attached hydrogens (tertiary/aromatic N) is 2. The van der Waals surface area contributed by atoms with E-state index in [1.165, 1.54) is 57.9 Å². The number of halogens is 1. The van der Waals surface area contributed by atoms with Crippen molar-refractivity contribution in [3.8, 4) is 57.1 Å². The molecule has 0 radical (unpaired) electrons. The van der Waals surface area contributed by atoms with E-state index in [9.17, 15) is 34.5 Å². The smallest absolute Gasteiger partial charge is 1.00 e. The minimum Gasteiger partial charge on any atom is -1.00 e. The summed E-state index contributed by atoms with van der Waals surface area (Å²) in [6, 6.07) is 45.3. The van der Waals surface area contributed by atoms with Crippen LogP contribution in [0.3, 0.4) is 0 Å². The average Bonchev–Trinajstić information content (AvgIpc) is 0.814. The molecule has 6 aromatic carbocycles. The van der Waals surface area contributed by atoms with Gasteiger partial charge in [0.2, 0.25) is 0 Å². The normalized spacial score (nSPS) is 10.8. The third-order valence-corrected chi connectivity index (χ3v) is 18.4. The molecule has 0 spiro atoms. The van der Waals surface area contributed by atoms with Gasteiger partial charge in [0.15, 0.2) is 0 Å². The maximum atomic E-state index is 12.6. The third-order valence-electron chi connectivity index (χ3n) is 13.6. The molecule has 20 heteroatoms. The first-order valence-electron chi connectivity index (χ1n) is 31.9. The van der Waals surface area contributed by atoms with Gasteiger partial charge >= 0.3 is 40.8 Å². The minimum atomic E-state index is -0.569. The molecule has 3 N–H and O–H groups in total. The molecule has 0 aliphatic heterocycles. The van der Waals surface area contributed by atoms with Crippen LogP contribution < -0.4 is 55.0 Å². The van der Waals surface area contributed by atoms with E-state index in [1.54, 1.807) is 98.3 Å². The average molecular weight is 1570 g/mol. The summed E-state index contributed by atoms with van der Waals surface area (Å²) in [6.45, 7) is 41.4. The maximum absolute atomic E-state index is 12.6. The van der Waals surface area contributed by atoms with Crippen molar-refractivity contribution < 1.29 is 78.9 Å². The van der Waals surface area contributed by atoms with E-state index in [-0.39, 0.29) is 85.3 Å². The number of amides is 2. The largest absolute Gasteiger partial charge is 1.00 e. The summed E-state index contributed by atoms with van der Waals surface area (Å²) in [5.41, 5.74) is 4.62. The van der Waals surface area contributed by atoms with Crippen molar-refractivity contribution in [1.29, 1.82) is 0 Å². The Bertz CT molecular complexity index is 4080. The molecule has 538 valence electrons. The molecule has 0 bridgehead atoms. The van der Waals surface area contributed by atoms with Gasteiger partial charge in [-0.1, -0.05) is 222 Å². The molecule has 0 aliphatic rings. The molecule has 8 aromatic rings. The number of alkyl halides is 1. The first kappa shape index (κ1) is 90.1. The van der Waals surface area contributed by atoms with Crippen LogP contribution in [-0.2, 0) is 21.7 Å². The van der Waals surface area contributed by atoms with Gasteiger partial charge in [0.05, 0.1) is 6.07 Å². The SMILES string of the molecule is C=CCI.C=CCOc1ccc(SC(=O)N(C)C)c(C(C)(C)C)c1.C=CCOc1ccc(SC)c(C(C)(C)C)c1.C=CCOc1ccc(Sc2c(O)cc(-c3ccccc3)oc2=O)c(C(C)(C)C)c1.CN(C)C(=O)Sc1ccc(O)cc1C(C)(C)C.O=c1cc(O)cc(-c2ccccc2)o1.[H-].[Na+]. The molecular weight excluding hydrogens is 1470 g/mol. The molecule has 8 rings (SSSR count). The number of phenols is 1. The van der Waals surface area contributed by atoms with Crippen LogP contribution >= 0.6 is 69.6 Å². The van der Waals surface area contributed by atoms with E-state index in [0.29, 0.717) is 31.3 Å². The van der Waals surface area contributed by atoms with E-state index < -0.39 is 11.3 Å². The van der Waals surface area contributed by atoms with Crippen molar-refractivity contribution in [2.24, 2.45) is 0 Å². The molecule has 2 amide bonds. The second kappa shape index (κ2) is 43.9. The van der Waals surface area contributed by atoms with Crippen LogP contribution in [0.15, 0.2) is 245 Å². The molecule has 0 saturated heterocycles. The summed E-state index contributed by atoms with van der Waals surface area (Å²) in [7, 11) is 6.97. The van der Waals surface area contributed by atoms with Gasteiger partial charge in [0.1, 0.15) is 70.7 Å². The van der Waals surface area contributed by atoms with Crippen LogP contribution in [0.4, 0.5) is 9.59 Å². The van der Waals surface area contributed by atoms with Gasteiger partial charge in [-0.05, 0) is 146 Å². The summed E-state index contributed by atoms with van der Waals surface area (Å²) in [5.74, 6) is 3.21. The molecular formula is C81H100IN2NaO12S4. The Morgan fingerprint density at radius 3 is 1.20 bits per heavy atom. The molecule has 0 saturated carbocycles. The fourth-order valence-electron chi connectivity index (χ4n) is 8.57. The molecule has 0 unspecified atom stereocenters.